The summed E-state index contributed by atoms with van der Waals surface area (Å²) in [7, 11) is 3.92. The highest BCUT2D eigenvalue weighted by molar-refractivity contribution is 9.11. The predicted molar refractivity (Wildman–Crippen MR) is 567 cm³/mol. The van der Waals surface area contributed by atoms with Gasteiger partial charge < -0.3 is 29.4 Å². The summed E-state index contributed by atoms with van der Waals surface area (Å²) < 4.78 is 29.6. The second-order valence-corrected chi connectivity index (χ2v) is 47.8. The maximum atomic E-state index is 15.4. The monoisotopic (exact) mass is 2440 g/mol. The van der Waals surface area contributed by atoms with E-state index >= 15 is 4.39 Å². The van der Waals surface area contributed by atoms with Crippen LogP contribution in [-0.4, -0.2) is 182 Å². The Kier molecular flexibility index (Phi) is 35.4. The molecule has 760 valence electrons. The molecule has 20 rings (SSSR count). The summed E-state index contributed by atoms with van der Waals surface area (Å²) in [5.41, 5.74) is 18.2. The molecule has 144 heavy (non-hydrogen) atoms. The molecule has 0 radical (unpaired) electrons. The molecule has 23 nitrogen and oxygen atoms in total. The molecule has 4 aromatic carbocycles. The van der Waals surface area contributed by atoms with Gasteiger partial charge in [-0.1, -0.05) is 89.9 Å². The van der Waals surface area contributed by atoms with E-state index in [1.807, 2.05) is 132 Å². The smallest absolute Gasteiger partial charge is 0.259 e. The van der Waals surface area contributed by atoms with Crippen LogP contribution in [0.25, 0.3) is 0 Å². The number of carbonyl (C=O) groups is 6. The van der Waals surface area contributed by atoms with Gasteiger partial charge in [-0.25, -0.2) is 13.5 Å². The summed E-state index contributed by atoms with van der Waals surface area (Å²) in [5.74, 6) is 2.03. The third-order valence-corrected chi connectivity index (χ3v) is 35.5. The lowest BCUT2D eigenvalue weighted by molar-refractivity contribution is -0.911. The van der Waals surface area contributed by atoms with Gasteiger partial charge in [-0.15, -0.1) is 0 Å². The fraction of sp³-hybridized carbons (Fsp3) is 0.450. The number of hydrogen-bond donors (Lipinski definition) is 4. The molecule has 6 aromatic heterocycles. The van der Waals surface area contributed by atoms with Gasteiger partial charge in [0.2, 0.25) is 77.3 Å². The van der Waals surface area contributed by atoms with E-state index in [2.05, 4.69) is 131 Å². The SMILES string of the molecule is CC(=O)N1CCC(CC(=O)N2CCC(C3c4c(Br)cc(Cl)cc4CCc4cc(Br)c[n+](O)c43)CC2)CC1.CC(=O)N1CCC(CC(=O)N2CCC(C3c4c(Cl)cc(Cl)cc4CCc4cc(Br)c[n+](O)c43)CC2)CC1.C[n+]1ccc(CC(=O)N2CCC(C3c4c(Br)cc(Cl)cc4CCc4cc(Br)c[n+](O)c43)CC2)cc1.C[n+]1ccc(CC(=O)N2CCN(C3c4c(F)cc(Cl)cc4CCc4cc(Br)c[n+](O)c43)CC2)cc1. The number of nitrogens with zero attached hydrogens (tertiary/aromatic N) is 13. The van der Waals surface area contributed by atoms with Gasteiger partial charge in [0.25, 0.3) is 5.69 Å². The molecular formula is C109H121Br6Cl5FN13O10+6. The molecule has 4 atom stereocenters. The van der Waals surface area contributed by atoms with Crippen molar-refractivity contribution in [3.63, 3.8) is 0 Å². The highest BCUT2D eigenvalue weighted by atomic mass is 79.9. The Labute approximate surface area is 916 Å². The highest BCUT2D eigenvalue weighted by Crippen LogP contribution is 2.51. The van der Waals surface area contributed by atoms with Crippen LogP contribution in [-0.2, 0) is 107 Å². The number of halogens is 12. The van der Waals surface area contributed by atoms with Crippen LogP contribution < -0.4 is 28.1 Å². The van der Waals surface area contributed by atoms with Crippen LogP contribution in [0.5, 0.6) is 0 Å². The average molecular weight is 2450 g/mol. The van der Waals surface area contributed by atoms with Crippen molar-refractivity contribution >= 4 is 189 Å². The Morgan fingerprint density at radius 3 is 0.979 bits per heavy atom. The first kappa shape index (κ1) is 107. The molecule has 6 amide bonds. The Morgan fingerprint density at radius 2 is 0.625 bits per heavy atom. The van der Waals surface area contributed by atoms with Gasteiger partial charge >= 0.3 is 0 Å². The normalized spacial score (nSPS) is 19.5. The van der Waals surface area contributed by atoms with E-state index in [4.69, 9.17) is 58.0 Å². The maximum Gasteiger partial charge on any atom is 0.259 e. The molecular weight excluding hydrogens is 2330 g/mol. The summed E-state index contributed by atoms with van der Waals surface area (Å²) in [6, 6.07) is 30.8. The zero-order valence-corrected chi connectivity index (χ0v) is 94.4. The molecule has 6 aliphatic heterocycles. The number of rotatable bonds is 12. The number of piperazine rings is 1. The van der Waals surface area contributed by atoms with E-state index in [0.717, 1.165) is 254 Å². The second-order valence-electron chi connectivity index (χ2n) is 40.3. The van der Waals surface area contributed by atoms with Crippen molar-refractivity contribution < 1.29 is 82.0 Å². The van der Waals surface area contributed by atoms with Crippen molar-refractivity contribution in [3.05, 3.63) is 305 Å². The van der Waals surface area contributed by atoms with Crippen LogP contribution in [0, 0.1) is 35.4 Å². The summed E-state index contributed by atoms with van der Waals surface area (Å²) >= 11 is 53.9. The third kappa shape index (κ3) is 25.0. The van der Waals surface area contributed by atoms with E-state index in [-0.39, 0.29) is 70.8 Å². The predicted octanol–water partition coefficient (Wildman–Crippen LogP) is 19.0. The zero-order valence-electron chi connectivity index (χ0n) is 81.1. The van der Waals surface area contributed by atoms with Crippen molar-refractivity contribution in [2.24, 2.45) is 43.7 Å². The van der Waals surface area contributed by atoms with Gasteiger partial charge in [-0.2, -0.15) is 0 Å². The van der Waals surface area contributed by atoms with Gasteiger partial charge in [-0.3, -0.25) is 54.5 Å². The van der Waals surface area contributed by atoms with Gasteiger partial charge in [-0.05, 0) is 332 Å². The topological polar surface area (TPSA) is 229 Å². The van der Waals surface area contributed by atoms with Crippen LogP contribution in [0.3, 0.4) is 0 Å². The van der Waals surface area contributed by atoms with Crippen LogP contribution in [0.15, 0.2) is 173 Å². The Morgan fingerprint density at radius 1 is 0.340 bits per heavy atom. The van der Waals surface area contributed by atoms with E-state index in [1.54, 1.807) is 44.7 Å². The lowest BCUT2D eigenvalue weighted by Gasteiger charge is -2.38. The number of hydrogen-bond acceptors (Lipinski definition) is 11. The number of benzene rings is 4. The van der Waals surface area contributed by atoms with E-state index < -0.39 is 6.04 Å². The number of aryl methyl sites for hydroxylation is 10. The minimum atomic E-state index is -0.482. The molecule has 12 heterocycles. The van der Waals surface area contributed by atoms with Gasteiger partial charge in [0.15, 0.2) is 24.8 Å². The van der Waals surface area contributed by atoms with Crippen LogP contribution in [0.2, 0.25) is 25.1 Å². The minimum absolute atomic E-state index is 0.00500. The number of likely N-dealkylation sites (tertiary alicyclic amines) is 5. The molecule has 4 aliphatic carbocycles. The van der Waals surface area contributed by atoms with E-state index in [9.17, 15) is 49.6 Å². The third-order valence-electron chi connectivity index (χ3n) is 31.2. The lowest BCUT2D eigenvalue weighted by atomic mass is 9.76. The van der Waals surface area contributed by atoms with Crippen LogP contribution in [0.1, 0.15) is 215 Å². The number of aromatic nitrogens is 6. The molecule has 10 aliphatic rings. The zero-order chi connectivity index (χ0) is 102. The fourth-order valence-electron chi connectivity index (χ4n) is 23.9. The molecule has 35 heteroatoms. The number of piperidine rings is 5. The average Bonchev–Trinajstić information content (AvgIpc) is 1.57. The number of fused-ring (bicyclic) bond motifs is 8. The molecule has 0 saturated carbocycles. The van der Waals surface area contributed by atoms with Crippen molar-refractivity contribution in [2.75, 3.05) is 91.6 Å². The quantitative estimate of drug-likeness (QED) is 0.0664. The van der Waals surface area contributed by atoms with Crippen LogP contribution in [0.4, 0.5) is 4.39 Å². The largest absolute Gasteiger partial charge is 0.343 e. The van der Waals surface area contributed by atoms with Crippen molar-refractivity contribution in [1.29, 1.82) is 0 Å². The Balaban J connectivity index is 0.000000132. The molecule has 6 fully saturated rings. The summed E-state index contributed by atoms with van der Waals surface area (Å²) in [5, 5.41) is 47.1. The minimum Gasteiger partial charge on any atom is -0.343 e. The van der Waals surface area contributed by atoms with Crippen LogP contribution >= 0.6 is 154 Å². The Bertz CT molecular complexity index is 5890. The summed E-state index contributed by atoms with van der Waals surface area (Å²) in [6.07, 6.45) is 31.5. The van der Waals surface area contributed by atoms with Gasteiger partial charge in [0.05, 0.1) is 48.5 Å². The van der Waals surface area contributed by atoms with Gasteiger partial charge in [0.1, 0.15) is 26.0 Å². The highest BCUT2D eigenvalue weighted by Gasteiger charge is 2.48. The van der Waals surface area contributed by atoms with Crippen molar-refractivity contribution in [3.8, 4) is 0 Å². The number of amides is 6. The Hall–Kier alpha value is -7.98. The molecule has 0 bridgehead atoms. The molecule has 0 spiro atoms. The summed E-state index contributed by atoms with van der Waals surface area (Å²) in [6.45, 7) is 12.7. The molecule has 6 saturated heterocycles. The summed E-state index contributed by atoms with van der Waals surface area (Å²) in [4.78, 5) is 89.3. The van der Waals surface area contributed by atoms with E-state index in [1.165, 1.54) is 42.5 Å². The standard InChI is InChI=1S/C28H33Br2ClN3O3.C28H33BrCl2N3O3.C27H28Br2ClN3O2.C26H27BrClFN4O2/c1-17(35)32-8-4-18(5-9-32)12-25(36)33-10-6-19(7-11-33)27-26-20(14-23(31)15-24(26)30)2-3-21-13-22(29)16-34(37)28(21)27;1-17(35)32-8-4-18(5-9-32)12-25(36)33-10-6-19(7-11-33)27-26-20(14-23(30)15-24(26)31)2-3-21-13-22(29)16-34(37)28(21)27;1-31-8-4-17(5-9-31)12-24(34)32-10-6-18(7-11-32)26-25-19(14-22(30)15-23(25)29)2-3-20-13-21(28)16-33(35)27(20)26;1-30-6-4-17(5-7-30)12-23(34)31-8-10-32(11-9-31)26-24-18(14-21(28)15-22(24)29)2-3-19-13-20(27)16-33(35)25(19)26/h2*13-16,18-19,27,37H,2-12H2,1H3;4-5,8-9,13-16,18,26,35H,2-3,6-7,10-12H2,1H3;4-7,13-16,26,35H,2-3,8-12H2,1H3/q2*+1;2*+2. The van der Waals surface area contributed by atoms with Crippen molar-refractivity contribution in [1.82, 2.24) is 34.3 Å². The molecule has 10 aromatic rings. The van der Waals surface area contributed by atoms with E-state index in [0.29, 0.717) is 132 Å². The number of carbonyl (C=O) groups excluding carboxylic acids is 6. The van der Waals surface area contributed by atoms with Crippen molar-refractivity contribution in [2.45, 2.75) is 179 Å². The first-order valence-electron chi connectivity index (χ1n) is 49.9. The fourth-order valence-corrected chi connectivity index (χ4v) is 28.9. The molecule has 4 N–H and O–H groups in total. The first-order chi connectivity index (χ1) is 69.0. The second kappa shape index (κ2) is 47.5. The number of pyridine rings is 6. The lowest BCUT2D eigenvalue weighted by Crippen LogP contribution is -2.52. The maximum absolute atomic E-state index is 15.4. The molecule has 4 unspecified atom stereocenters. The first-order valence-corrected chi connectivity index (χ1v) is 56.6. The van der Waals surface area contributed by atoms with Gasteiger partial charge in [0, 0.05) is 223 Å².